The molecule has 0 bridgehead atoms. The monoisotopic (exact) mass is 373 g/mol. The third-order valence-electron chi connectivity index (χ3n) is 4.89. The maximum atomic E-state index is 12.6. The molecule has 1 atom stereocenters. The van der Waals surface area contributed by atoms with Gasteiger partial charge in [0.25, 0.3) is 5.91 Å². The summed E-state index contributed by atoms with van der Waals surface area (Å²) < 4.78 is 0. The predicted octanol–water partition coefficient (Wildman–Crippen LogP) is 2.08. The van der Waals surface area contributed by atoms with Crippen LogP contribution < -0.4 is 5.32 Å². The predicted molar refractivity (Wildman–Crippen MR) is 105 cm³/mol. The lowest BCUT2D eigenvalue weighted by atomic mass is 9.95. The van der Waals surface area contributed by atoms with E-state index >= 15 is 0 Å². The summed E-state index contributed by atoms with van der Waals surface area (Å²) in [6.45, 7) is 11.2. The van der Waals surface area contributed by atoms with E-state index in [2.05, 4.69) is 12.2 Å². The van der Waals surface area contributed by atoms with Crippen molar-refractivity contribution in [3.63, 3.8) is 0 Å². The van der Waals surface area contributed by atoms with Crippen molar-refractivity contribution in [1.82, 2.24) is 15.1 Å². The van der Waals surface area contributed by atoms with Gasteiger partial charge in [-0.25, -0.2) is 0 Å². The van der Waals surface area contributed by atoms with Crippen molar-refractivity contribution in [2.45, 2.75) is 47.1 Å². The van der Waals surface area contributed by atoms with Gasteiger partial charge in [0.05, 0.1) is 0 Å². The van der Waals surface area contributed by atoms with E-state index in [9.17, 15) is 14.4 Å². The Morgan fingerprint density at radius 3 is 2.00 bits per heavy atom. The van der Waals surface area contributed by atoms with Gasteiger partial charge in [-0.15, -0.1) is 0 Å². The molecule has 1 aromatic carbocycles. The second-order valence-corrected chi connectivity index (χ2v) is 8.11. The number of carbonyl (C=O) groups is 3. The summed E-state index contributed by atoms with van der Waals surface area (Å²) in [6.07, 6.45) is 0.944. The second kappa shape index (κ2) is 8.55. The highest BCUT2D eigenvalue weighted by molar-refractivity contribution is 5.94. The van der Waals surface area contributed by atoms with Crippen LogP contribution in [-0.4, -0.2) is 59.7 Å². The van der Waals surface area contributed by atoms with Crippen molar-refractivity contribution >= 4 is 17.7 Å². The van der Waals surface area contributed by atoms with Crippen molar-refractivity contribution in [2.24, 2.45) is 5.41 Å². The minimum Gasteiger partial charge on any atom is -0.344 e. The smallest absolute Gasteiger partial charge is 0.253 e. The number of benzene rings is 1. The quantitative estimate of drug-likeness (QED) is 0.879. The average Bonchev–Trinajstić information content (AvgIpc) is 2.66. The van der Waals surface area contributed by atoms with Crippen molar-refractivity contribution in [3.8, 4) is 0 Å². The van der Waals surface area contributed by atoms with E-state index in [0.717, 1.165) is 6.42 Å². The van der Waals surface area contributed by atoms with Gasteiger partial charge in [0.2, 0.25) is 11.8 Å². The van der Waals surface area contributed by atoms with E-state index in [1.54, 1.807) is 16.7 Å². The van der Waals surface area contributed by atoms with Crippen LogP contribution in [0.25, 0.3) is 0 Å². The molecule has 0 aliphatic carbocycles. The number of aryl methyl sites for hydroxylation is 1. The molecule has 3 amide bonds. The molecule has 27 heavy (non-hydrogen) atoms. The zero-order valence-corrected chi connectivity index (χ0v) is 17.0. The van der Waals surface area contributed by atoms with Gasteiger partial charge in [-0.3, -0.25) is 14.4 Å². The molecule has 2 rings (SSSR count). The van der Waals surface area contributed by atoms with E-state index in [-0.39, 0.29) is 17.7 Å². The highest BCUT2D eigenvalue weighted by Crippen LogP contribution is 2.14. The molecule has 1 saturated heterocycles. The van der Waals surface area contributed by atoms with Crippen molar-refractivity contribution in [3.05, 3.63) is 35.4 Å². The average molecular weight is 373 g/mol. The van der Waals surface area contributed by atoms with E-state index in [0.29, 0.717) is 31.7 Å². The first-order valence-corrected chi connectivity index (χ1v) is 9.61. The third kappa shape index (κ3) is 5.31. The molecular formula is C21H31N3O3. The molecule has 0 aromatic heterocycles. The Kier molecular flexibility index (Phi) is 6.63. The van der Waals surface area contributed by atoms with Gasteiger partial charge in [0.1, 0.15) is 6.04 Å². The molecule has 0 radical (unpaired) electrons. The SMILES string of the molecule is CCc1ccc(C(=O)N2CCN(C(=O)C(C)NC(=O)C(C)(C)C)CC2)cc1. The number of piperazine rings is 1. The lowest BCUT2D eigenvalue weighted by Gasteiger charge is -2.36. The van der Waals surface area contributed by atoms with Crippen LogP contribution in [0.5, 0.6) is 0 Å². The van der Waals surface area contributed by atoms with Crippen LogP contribution >= 0.6 is 0 Å². The minimum atomic E-state index is -0.569. The molecule has 1 unspecified atom stereocenters. The first-order chi connectivity index (χ1) is 12.6. The maximum absolute atomic E-state index is 12.6. The Hall–Kier alpha value is -2.37. The zero-order valence-electron chi connectivity index (χ0n) is 17.0. The fourth-order valence-corrected chi connectivity index (χ4v) is 2.94. The molecule has 6 nitrogen and oxygen atoms in total. The third-order valence-corrected chi connectivity index (χ3v) is 4.89. The summed E-state index contributed by atoms with van der Waals surface area (Å²) in [5, 5.41) is 2.78. The van der Waals surface area contributed by atoms with Gasteiger partial charge >= 0.3 is 0 Å². The highest BCUT2D eigenvalue weighted by atomic mass is 16.2. The number of nitrogens with one attached hydrogen (secondary N) is 1. The van der Waals surface area contributed by atoms with E-state index in [4.69, 9.17) is 0 Å². The Morgan fingerprint density at radius 1 is 1.00 bits per heavy atom. The van der Waals surface area contributed by atoms with Crippen LogP contribution in [0.1, 0.15) is 50.5 Å². The molecule has 148 valence electrons. The van der Waals surface area contributed by atoms with Crippen LogP contribution in [0.2, 0.25) is 0 Å². The molecule has 0 spiro atoms. The lowest BCUT2D eigenvalue weighted by molar-refractivity contribution is -0.139. The molecule has 6 heteroatoms. The zero-order chi connectivity index (χ0) is 20.2. The maximum Gasteiger partial charge on any atom is 0.253 e. The number of nitrogens with zero attached hydrogens (tertiary/aromatic N) is 2. The van der Waals surface area contributed by atoms with Gasteiger partial charge in [0.15, 0.2) is 0 Å². The number of hydrogen-bond donors (Lipinski definition) is 1. The largest absolute Gasteiger partial charge is 0.344 e. The second-order valence-electron chi connectivity index (χ2n) is 8.11. The summed E-state index contributed by atoms with van der Waals surface area (Å²) in [6, 6.07) is 7.12. The summed E-state index contributed by atoms with van der Waals surface area (Å²) in [5.41, 5.74) is 1.35. The van der Waals surface area contributed by atoms with Crippen molar-refractivity contribution in [2.75, 3.05) is 26.2 Å². The molecule has 1 aliphatic heterocycles. The Morgan fingerprint density at radius 2 is 1.52 bits per heavy atom. The summed E-state index contributed by atoms with van der Waals surface area (Å²) in [7, 11) is 0. The van der Waals surface area contributed by atoms with Gasteiger partial charge < -0.3 is 15.1 Å². The van der Waals surface area contributed by atoms with Crippen LogP contribution in [0, 0.1) is 5.41 Å². The highest BCUT2D eigenvalue weighted by Gasteiger charge is 2.30. The molecular weight excluding hydrogens is 342 g/mol. The molecule has 1 heterocycles. The number of amides is 3. The van der Waals surface area contributed by atoms with Crippen LogP contribution in [0.15, 0.2) is 24.3 Å². The summed E-state index contributed by atoms with van der Waals surface area (Å²) in [5.74, 6) is -0.251. The van der Waals surface area contributed by atoms with Crippen LogP contribution in [0.3, 0.4) is 0 Å². The number of carbonyl (C=O) groups excluding carboxylic acids is 3. The molecule has 1 N–H and O–H groups in total. The molecule has 0 saturated carbocycles. The van der Waals surface area contributed by atoms with Gasteiger partial charge in [0, 0.05) is 37.2 Å². The van der Waals surface area contributed by atoms with Crippen molar-refractivity contribution in [1.29, 1.82) is 0 Å². The molecule has 1 fully saturated rings. The Balaban J connectivity index is 1.89. The summed E-state index contributed by atoms with van der Waals surface area (Å²) in [4.78, 5) is 40.8. The normalized spacial score (nSPS) is 16.0. The van der Waals surface area contributed by atoms with E-state index in [1.165, 1.54) is 5.56 Å². The molecule has 1 aliphatic rings. The number of hydrogen-bond acceptors (Lipinski definition) is 3. The van der Waals surface area contributed by atoms with Crippen LogP contribution in [0.4, 0.5) is 0 Å². The lowest BCUT2D eigenvalue weighted by Crippen LogP contribution is -2.56. The topological polar surface area (TPSA) is 69.7 Å². The molecule has 1 aromatic rings. The Labute approximate surface area is 161 Å². The fraction of sp³-hybridized carbons (Fsp3) is 0.571. The van der Waals surface area contributed by atoms with Crippen molar-refractivity contribution < 1.29 is 14.4 Å². The van der Waals surface area contributed by atoms with E-state index < -0.39 is 11.5 Å². The minimum absolute atomic E-state index is 0.00108. The Bertz CT molecular complexity index is 684. The fourth-order valence-electron chi connectivity index (χ4n) is 2.94. The first kappa shape index (κ1) is 20.9. The van der Waals surface area contributed by atoms with Gasteiger partial charge in [-0.05, 0) is 31.0 Å². The van der Waals surface area contributed by atoms with Gasteiger partial charge in [-0.1, -0.05) is 39.8 Å². The first-order valence-electron chi connectivity index (χ1n) is 9.61. The van der Waals surface area contributed by atoms with Crippen LogP contribution in [-0.2, 0) is 16.0 Å². The van der Waals surface area contributed by atoms with Gasteiger partial charge in [-0.2, -0.15) is 0 Å². The summed E-state index contributed by atoms with van der Waals surface area (Å²) >= 11 is 0. The standard InChI is InChI=1S/C21H31N3O3/c1-6-16-7-9-17(10-8-16)19(26)24-13-11-23(12-14-24)18(25)15(2)22-20(27)21(3,4)5/h7-10,15H,6,11-14H2,1-5H3,(H,22,27). The van der Waals surface area contributed by atoms with E-state index in [1.807, 2.05) is 45.0 Å². The number of rotatable bonds is 4.